The molecule has 20 heavy (non-hydrogen) atoms. The van der Waals surface area contributed by atoms with Crippen LogP contribution >= 0.6 is 0 Å². The van der Waals surface area contributed by atoms with E-state index in [1.165, 1.54) is 18.2 Å². The highest BCUT2D eigenvalue weighted by Crippen LogP contribution is 2.43. The lowest BCUT2D eigenvalue weighted by Gasteiger charge is -2.40. The molecule has 1 aromatic carbocycles. The predicted octanol–water partition coefficient (Wildman–Crippen LogP) is 2.51. The van der Waals surface area contributed by atoms with Gasteiger partial charge in [-0.2, -0.15) is 0 Å². The Labute approximate surface area is 117 Å². The van der Waals surface area contributed by atoms with Crippen molar-refractivity contribution >= 4 is 11.9 Å². The zero-order chi connectivity index (χ0) is 14.8. The maximum atomic E-state index is 13.0. The minimum absolute atomic E-state index is 0.0790. The van der Waals surface area contributed by atoms with E-state index in [-0.39, 0.29) is 23.6 Å². The summed E-state index contributed by atoms with van der Waals surface area (Å²) < 4.78 is 13.0. The predicted molar refractivity (Wildman–Crippen MR) is 72.0 cm³/mol. The first kappa shape index (κ1) is 14.5. The molecule has 0 spiro atoms. The summed E-state index contributed by atoms with van der Waals surface area (Å²) >= 11 is 0. The minimum Gasteiger partial charge on any atom is -0.481 e. The Morgan fingerprint density at radius 1 is 1.40 bits per heavy atom. The maximum absolute atomic E-state index is 13.0. The van der Waals surface area contributed by atoms with Crippen LogP contribution in [0.5, 0.6) is 0 Å². The molecule has 2 rings (SSSR count). The SMILES string of the molecule is Cc1cc(F)ccc1C(=O)NCC1(CC(=O)O)CCC1. The second kappa shape index (κ2) is 5.61. The number of nitrogens with one attached hydrogen (secondary N) is 1. The summed E-state index contributed by atoms with van der Waals surface area (Å²) in [6, 6.07) is 4.01. The van der Waals surface area contributed by atoms with Crippen LogP contribution in [0, 0.1) is 18.2 Å². The third kappa shape index (κ3) is 3.15. The summed E-state index contributed by atoms with van der Waals surface area (Å²) in [4.78, 5) is 22.9. The first-order chi connectivity index (χ1) is 9.42. The number of halogens is 1. The Morgan fingerprint density at radius 3 is 2.60 bits per heavy atom. The zero-order valence-corrected chi connectivity index (χ0v) is 11.4. The van der Waals surface area contributed by atoms with Crippen LogP contribution in [0.25, 0.3) is 0 Å². The molecular formula is C15H18FNO3. The van der Waals surface area contributed by atoms with Crippen molar-refractivity contribution in [1.82, 2.24) is 5.32 Å². The molecule has 5 heteroatoms. The zero-order valence-electron chi connectivity index (χ0n) is 11.4. The number of hydrogen-bond donors (Lipinski definition) is 2. The molecule has 0 atom stereocenters. The number of aliphatic carboxylic acids is 1. The monoisotopic (exact) mass is 279 g/mol. The quantitative estimate of drug-likeness (QED) is 0.870. The van der Waals surface area contributed by atoms with Gasteiger partial charge >= 0.3 is 5.97 Å². The molecular weight excluding hydrogens is 261 g/mol. The van der Waals surface area contributed by atoms with Crippen molar-refractivity contribution in [3.63, 3.8) is 0 Å². The van der Waals surface area contributed by atoms with E-state index in [1.54, 1.807) is 6.92 Å². The van der Waals surface area contributed by atoms with Gasteiger partial charge in [0.25, 0.3) is 5.91 Å². The lowest BCUT2D eigenvalue weighted by Crippen LogP contribution is -2.43. The smallest absolute Gasteiger partial charge is 0.303 e. The Kier molecular flexibility index (Phi) is 4.06. The van der Waals surface area contributed by atoms with Crippen LogP contribution in [0.1, 0.15) is 41.6 Å². The molecule has 2 N–H and O–H groups in total. The third-order valence-corrected chi connectivity index (χ3v) is 4.00. The van der Waals surface area contributed by atoms with Gasteiger partial charge in [-0.1, -0.05) is 6.42 Å². The van der Waals surface area contributed by atoms with E-state index in [9.17, 15) is 14.0 Å². The number of carbonyl (C=O) groups excluding carboxylic acids is 1. The van der Waals surface area contributed by atoms with Gasteiger partial charge in [0.15, 0.2) is 0 Å². The van der Waals surface area contributed by atoms with Gasteiger partial charge in [0.2, 0.25) is 0 Å². The lowest BCUT2D eigenvalue weighted by molar-refractivity contribution is -0.141. The number of rotatable bonds is 5. The number of carboxylic acids is 1. The van der Waals surface area contributed by atoms with E-state index >= 15 is 0 Å². The highest BCUT2D eigenvalue weighted by Gasteiger charge is 2.39. The lowest BCUT2D eigenvalue weighted by atomic mass is 9.66. The Bertz CT molecular complexity index is 538. The molecule has 108 valence electrons. The number of benzene rings is 1. The number of carboxylic acid groups (broad SMARTS) is 1. The first-order valence-electron chi connectivity index (χ1n) is 6.68. The van der Waals surface area contributed by atoms with Crippen molar-refractivity contribution < 1.29 is 19.1 Å². The maximum Gasteiger partial charge on any atom is 0.303 e. The van der Waals surface area contributed by atoms with E-state index in [2.05, 4.69) is 5.32 Å². The summed E-state index contributed by atoms with van der Waals surface area (Å²) in [5.41, 5.74) is 0.690. The standard InChI is InChI=1S/C15H18FNO3/c1-10-7-11(16)3-4-12(10)14(20)17-9-15(5-2-6-15)8-13(18)19/h3-4,7H,2,5-6,8-9H2,1H3,(H,17,20)(H,18,19). The van der Waals surface area contributed by atoms with Crippen LogP contribution in [0.3, 0.4) is 0 Å². The molecule has 0 bridgehead atoms. The van der Waals surface area contributed by atoms with Crippen LogP contribution in [-0.2, 0) is 4.79 Å². The second-order valence-electron chi connectivity index (χ2n) is 5.57. The van der Waals surface area contributed by atoms with Gasteiger partial charge in [0.05, 0.1) is 6.42 Å². The molecule has 1 amide bonds. The fraction of sp³-hybridized carbons (Fsp3) is 0.467. The Hall–Kier alpha value is -1.91. The van der Waals surface area contributed by atoms with Gasteiger partial charge in [0.1, 0.15) is 5.82 Å². The van der Waals surface area contributed by atoms with Crippen LogP contribution in [0.2, 0.25) is 0 Å². The average Bonchev–Trinajstić information content (AvgIpc) is 2.31. The Morgan fingerprint density at radius 2 is 2.10 bits per heavy atom. The topological polar surface area (TPSA) is 66.4 Å². The van der Waals surface area contributed by atoms with Crippen LogP contribution in [0.4, 0.5) is 4.39 Å². The molecule has 0 heterocycles. The summed E-state index contributed by atoms with van der Waals surface area (Å²) in [6.07, 6.45) is 2.72. The molecule has 1 aromatic rings. The van der Waals surface area contributed by atoms with Gasteiger partial charge in [-0.15, -0.1) is 0 Å². The highest BCUT2D eigenvalue weighted by atomic mass is 19.1. The van der Waals surface area contributed by atoms with Crippen molar-refractivity contribution in [2.45, 2.75) is 32.6 Å². The molecule has 0 saturated heterocycles. The van der Waals surface area contributed by atoms with Gasteiger partial charge < -0.3 is 10.4 Å². The van der Waals surface area contributed by atoms with E-state index in [0.29, 0.717) is 17.7 Å². The van der Waals surface area contributed by atoms with Gasteiger partial charge in [0, 0.05) is 12.1 Å². The molecule has 0 aromatic heterocycles. The fourth-order valence-electron chi connectivity index (χ4n) is 2.66. The number of amides is 1. The van der Waals surface area contributed by atoms with Crippen molar-refractivity contribution in [2.75, 3.05) is 6.54 Å². The van der Waals surface area contributed by atoms with Gasteiger partial charge in [-0.25, -0.2) is 4.39 Å². The summed E-state index contributed by atoms with van der Waals surface area (Å²) in [7, 11) is 0. The minimum atomic E-state index is -0.836. The molecule has 1 saturated carbocycles. The number of aryl methyl sites for hydroxylation is 1. The van der Waals surface area contributed by atoms with Crippen LogP contribution < -0.4 is 5.32 Å². The van der Waals surface area contributed by atoms with Crippen molar-refractivity contribution in [3.05, 3.63) is 35.1 Å². The largest absolute Gasteiger partial charge is 0.481 e. The Balaban J connectivity index is 1.99. The van der Waals surface area contributed by atoms with Crippen LogP contribution in [-0.4, -0.2) is 23.5 Å². The molecule has 4 nitrogen and oxygen atoms in total. The average molecular weight is 279 g/mol. The van der Waals surface area contributed by atoms with E-state index in [1.807, 2.05) is 0 Å². The molecule has 1 fully saturated rings. The molecule has 0 aliphatic heterocycles. The molecule has 0 unspecified atom stereocenters. The summed E-state index contributed by atoms with van der Waals surface area (Å²) in [6.45, 7) is 2.03. The van der Waals surface area contributed by atoms with Gasteiger partial charge in [-0.3, -0.25) is 9.59 Å². The summed E-state index contributed by atoms with van der Waals surface area (Å²) in [5.74, 6) is -1.49. The molecule has 1 aliphatic rings. The second-order valence-corrected chi connectivity index (χ2v) is 5.57. The van der Waals surface area contributed by atoms with Crippen molar-refractivity contribution in [1.29, 1.82) is 0 Å². The van der Waals surface area contributed by atoms with Crippen LogP contribution in [0.15, 0.2) is 18.2 Å². The van der Waals surface area contributed by atoms with Crippen molar-refractivity contribution in [2.24, 2.45) is 5.41 Å². The highest BCUT2D eigenvalue weighted by molar-refractivity contribution is 5.95. The first-order valence-corrected chi connectivity index (χ1v) is 6.68. The normalized spacial score (nSPS) is 16.3. The van der Waals surface area contributed by atoms with Gasteiger partial charge in [-0.05, 0) is 48.9 Å². The van der Waals surface area contributed by atoms with Crippen molar-refractivity contribution in [3.8, 4) is 0 Å². The number of hydrogen-bond acceptors (Lipinski definition) is 2. The third-order valence-electron chi connectivity index (χ3n) is 4.00. The number of carbonyl (C=O) groups is 2. The fourth-order valence-corrected chi connectivity index (χ4v) is 2.66. The molecule has 1 aliphatic carbocycles. The summed E-state index contributed by atoms with van der Waals surface area (Å²) in [5, 5.41) is 11.7. The van der Waals surface area contributed by atoms with E-state index in [4.69, 9.17) is 5.11 Å². The van der Waals surface area contributed by atoms with E-state index in [0.717, 1.165) is 19.3 Å². The van der Waals surface area contributed by atoms with E-state index < -0.39 is 5.97 Å². The molecule has 0 radical (unpaired) electrons.